The summed E-state index contributed by atoms with van der Waals surface area (Å²) in [5, 5.41) is 8.89. The topological polar surface area (TPSA) is 120 Å². The van der Waals surface area contributed by atoms with E-state index >= 15 is 0 Å². The summed E-state index contributed by atoms with van der Waals surface area (Å²) < 4.78 is 34.1. The van der Waals surface area contributed by atoms with Crippen LogP contribution >= 0.6 is 0 Å². The van der Waals surface area contributed by atoms with E-state index in [-0.39, 0.29) is 44.8 Å². The van der Waals surface area contributed by atoms with Gasteiger partial charge in [0.05, 0.1) is 0 Å². The van der Waals surface area contributed by atoms with Crippen LogP contribution in [-0.2, 0) is 60.0 Å². The summed E-state index contributed by atoms with van der Waals surface area (Å²) in [6.07, 6.45) is 0. The molecule has 0 aromatic carbocycles. The predicted molar refractivity (Wildman–Crippen MR) is 21.2 cm³/mol. The molecule has 0 saturated carbocycles. The summed E-state index contributed by atoms with van der Waals surface area (Å²) in [7, 11) is -5.17. The van der Waals surface area contributed by atoms with Gasteiger partial charge in [-0.1, -0.05) is 0 Å². The van der Waals surface area contributed by atoms with Crippen LogP contribution in [0, 0.1) is 0 Å². The van der Waals surface area contributed by atoms with Crippen molar-refractivity contribution in [2.24, 2.45) is 0 Å². The van der Waals surface area contributed by atoms with Gasteiger partial charge in [-0.3, -0.25) is 8.42 Å². The van der Waals surface area contributed by atoms with E-state index in [0.29, 0.717) is 0 Å². The summed E-state index contributed by atoms with van der Waals surface area (Å²) in [4.78, 5) is 8.89. The molecular formula is C2H3Ag2O6S-. The first-order valence-electron chi connectivity index (χ1n) is 1.57. The summed E-state index contributed by atoms with van der Waals surface area (Å²) >= 11 is 0. The average Bonchev–Trinajstić information content (AvgIpc) is 1.19. The molecule has 0 aromatic rings. The van der Waals surface area contributed by atoms with Gasteiger partial charge >= 0.3 is 44.8 Å². The van der Waals surface area contributed by atoms with Crippen molar-refractivity contribution >= 4 is 16.4 Å². The summed E-state index contributed by atoms with van der Waals surface area (Å²) in [5.74, 6) is -1.08. The molecule has 11 heavy (non-hydrogen) atoms. The molecule has 0 rings (SSSR count). The first-order valence-corrected chi connectivity index (χ1v) is 2.91. The molecule has 0 spiro atoms. The fourth-order valence-electron chi connectivity index (χ4n) is 0. The molecule has 6 nitrogen and oxygen atoms in total. The molecule has 9 heteroatoms. The van der Waals surface area contributed by atoms with E-state index in [1.165, 1.54) is 0 Å². The van der Waals surface area contributed by atoms with E-state index in [9.17, 15) is 0 Å². The zero-order valence-electron chi connectivity index (χ0n) is 4.96. The fourth-order valence-corrected chi connectivity index (χ4v) is 0. The molecule has 0 aliphatic heterocycles. The monoisotopic (exact) mass is 369 g/mol. The molecule has 0 amide bonds. The maximum atomic E-state index is 8.89. The fraction of sp³-hybridized carbons (Fsp3) is 0.500. The van der Waals surface area contributed by atoms with Gasteiger partial charge in [-0.2, -0.15) is 0 Å². The quantitative estimate of drug-likeness (QED) is 0.262. The maximum absolute atomic E-state index is 8.89. The van der Waals surface area contributed by atoms with E-state index in [2.05, 4.69) is 0 Å². The smallest absolute Gasteiger partial charge is 0.759 e. The van der Waals surface area contributed by atoms with Crippen molar-refractivity contribution in [3.05, 3.63) is 0 Å². The maximum Gasteiger partial charge on any atom is 1.00 e. The standard InChI is InChI=1S/C2H4O2.2Ag.H2O4S/c1-2(3)4;;;1-5(2,3)4/h1H3,(H,3,4);;;(H2,1,2,3,4)/q;2*+1;/p-3. The van der Waals surface area contributed by atoms with E-state index < -0.39 is 16.4 Å². The second-order valence-corrected chi connectivity index (χ2v) is 1.72. The molecule has 0 radical (unpaired) electrons. The first kappa shape index (κ1) is 22.6. The number of carboxylic acids is 1. The molecule has 0 fully saturated rings. The Bertz CT molecular complexity index is 161. The number of carbonyl (C=O) groups is 1. The Morgan fingerprint density at radius 1 is 1.18 bits per heavy atom. The summed E-state index contributed by atoms with van der Waals surface area (Å²) in [6.45, 7) is 0.972. The van der Waals surface area contributed by atoms with Crippen LogP contribution in [0.5, 0.6) is 0 Å². The zero-order valence-corrected chi connectivity index (χ0v) is 8.74. The Kier molecular flexibility index (Phi) is 22.3. The number of carbonyl (C=O) groups excluding carboxylic acids is 1. The largest absolute Gasteiger partial charge is 1.00 e. The van der Waals surface area contributed by atoms with Crippen molar-refractivity contribution in [1.82, 2.24) is 0 Å². The van der Waals surface area contributed by atoms with Gasteiger partial charge < -0.3 is 19.0 Å². The molecule has 76 valence electrons. The first-order chi connectivity index (χ1) is 3.73. The van der Waals surface area contributed by atoms with E-state index in [1.807, 2.05) is 0 Å². The van der Waals surface area contributed by atoms with Gasteiger partial charge in [0.1, 0.15) is 0 Å². The van der Waals surface area contributed by atoms with E-state index in [4.69, 9.17) is 27.4 Å². The molecule has 0 aliphatic rings. The van der Waals surface area contributed by atoms with Crippen LogP contribution in [0.25, 0.3) is 0 Å². The van der Waals surface area contributed by atoms with E-state index in [1.54, 1.807) is 0 Å². The predicted octanol–water partition coefficient (Wildman–Crippen LogP) is -2.59. The molecule has 0 N–H and O–H groups in total. The molecule has 0 atom stereocenters. The normalized spacial score (nSPS) is 7.55. The molecule has 0 unspecified atom stereocenters. The van der Waals surface area contributed by atoms with Crippen molar-refractivity contribution in [1.29, 1.82) is 0 Å². The van der Waals surface area contributed by atoms with Crippen LogP contribution in [0.1, 0.15) is 6.92 Å². The van der Waals surface area contributed by atoms with Crippen molar-refractivity contribution in [2.75, 3.05) is 0 Å². The number of hydrogen-bond acceptors (Lipinski definition) is 6. The number of hydrogen-bond donors (Lipinski definition) is 0. The van der Waals surface area contributed by atoms with Crippen LogP contribution in [0.3, 0.4) is 0 Å². The van der Waals surface area contributed by atoms with Gasteiger partial charge in [0.2, 0.25) is 0 Å². The number of aliphatic carboxylic acids is 1. The second kappa shape index (κ2) is 10.8. The Morgan fingerprint density at radius 3 is 1.18 bits per heavy atom. The molecule has 0 saturated heterocycles. The van der Waals surface area contributed by atoms with Crippen molar-refractivity contribution in [2.45, 2.75) is 6.92 Å². The van der Waals surface area contributed by atoms with Crippen LogP contribution in [-0.4, -0.2) is 23.5 Å². The minimum absolute atomic E-state index is 0. The van der Waals surface area contributed by atoms with Gasteiger partial charge in [-0.25, -0.2) is 0 Å². The van der Waals surface area contributed by atoms with Gasteiger partial charge in [0.15, 0.2) is 0 Å². The molecule has 0 aliphatic carbocycles. The van der Waals surface area contributed by atoms with E-state index in [0.717, 1.165) is 6.92 Å². The second-order valence-electron chi connectivity index (χ2n) is 0.900. The Balaban J connectivity index is -0.0000000383. The van der Waals surface area contributed by atoms with Crippen LogP contribution < -0.4 is 5.11 Å². The number of rotatable bonds is 0. The Labute approximate surface area is 95.0 Å². The van der Waals surface area contributed by atoms with Gasteiger partial charge in [0, 0.05) is 16.4 Å². The molecule has 0 aromatic heterocycles. The average molecular weight is 371 g/mol. The van der Waals surface area contributed by atoms with Gasteiger partial charge in [-0.15, -0.1) is 0 Å². The summed E-state index contributed by atoms with van der Waals surface area (Å²) in [6, 6.07) is 0. The summed E-state index contributed by atoms with van der Waals surface area (Å²) in [5.41, 5.74) is 0. The van der Waals surface area contributed by atoms with Crippen LogP contribution in [0.15, 0.2) is 0 Å². The SMILES string of the molecule is CC(=O)[O-].O=S(=O)([O-])[O-].[Ag+].[Ag+]. The van der Waals surface area contributed by atoms with Crippen molar-refractivity contribution in [3.8, 4) is 0 Å². The Morgan fingerprint density at radius 2 is 1.18 bits per heavy atom. The minimum atomic E-state index is -5.17. The Hall–Kier alpha value is 0.821. The van der Waals surface area contributed by atoms with Crippen molar-refractivity contribution < 1.29 is 72.2 Å². The van der Waals surface area contributed by atoms with Crippen LogP contribution in [0.4, 0.5) is 0 Å². The number of carboxylic acid groups (broad SMARTS) is 1. The molecular weight excluding hydrogens is 368 g/mol. The van der Waals surface area contributed by atoms with Crippen molar-refractivity contribution in [3.63, 3.8) is 0 Å². The third kappa shape index (κ3) is 1250. The third-order valence-corrected chi connectivity index (χ3v) is 0. The van der Waals surface area contributed by atoms with Gasteiger partial charge in [-0.05, 0) is 6.92 Å². The molecule has 0 heterocycles. The minimum Gasteiger partial charge on any atom is -0.759 e. The zero-order chi connectivity index (χ0) is 8.08. The van der Waals surface area contributed by atoms with Crippen LogP contribution in [0.2, 0.25) is 0 Å². The molecule has 0 bridgehead atoms. The third-order valence-electron chi connectivity index (χ3n) is 0. The van der Waals surface area contributed by atoms with Gasteiger partial charge in [0.25, 0.3) is 0 Å².